The molecule has 1 saturated heterocycles. The van der Waals surface area contributed by atoms with Crippen LogP contribution in [0.2, 0.25) is 0 Å². The number of piperidine rings is 1. The van der Waals surface area contributed by atoms with Gasteiger partial charge in [-0.2, -0.15) is 10.2 Å². The zero-order valence-electron chi connectivity index (χ0n) is 15.1. The van der Waals surface area contributed by atoms with Crippen LogP contribution in [-0.2, 0) is 6.42 Å². The van der Waals surface area contributed by atoms with E-state index in [-0.39, 0.29) is 6.04 Å². The topological polar surface area (TPSA) is 117 Å². The molecule has 1 aromatic carbocycles. The Morgan fingerprint density at radius 1 is 1.35 bits per heavy atom. The summed E-state index contributed by atoms with van der Waals surface area (Å²) in [6.45, 7) is 3.89. The number of rotatable bonds is 5. The molecule has 2 heterocycles. The van der Waals surface area contributed by atoms with Crippen LogP contribution in [-0.4, -0.2) is 29.1 Å². The fourth-order valence-electron chi connectivity index (χ4n) is 3.16. The Hall–Kier alpha value is -2.85. The molecule has 1 fully saturated rings. The van der Waals surface area contributed by atoms with E-state index in [1.165, 1.54) is 0 Å². The van der Waals surface area contributed by atoms with E-state index in [2.05, 4.69) is 39.2 Å². The maximum absolute atomic E-state index is 9.15. The van der Waals surface area contributed by atoms with Gasteiger partial charge in [0.15, 0.2) is 0 Å². The molecule has 1 aliphatic heterocycles. The Morgan fingerprint density at radius 2 is 2.19 bits per heavy atom. The van der Waals surface area contributed by atoms with E-state index >= 15 is 0 Å². The normalized spacial score (nSPS) is 17.0. The third kappa shape index (κ3) is 4.21. The van der Waals surface area contributed by atoms with Crippen molar-refractivity contribution in [1.29, 1.82) is 5.26 Å². The van der Waals surface area contributed by atoms with Crippen LogP contribution in [0.5, 0.6) is 0 Å². The molecular formula is C19H25N7. The minimum atomic E-state index is 0.181. The predicted molar refractivity (Wildman–Crippen MR) is 104 cm³/mol. The molecule has 1 atom stereocenters. The van der Waals surface area contributed by atoms with Crippen molar-refractivity contribution in [1.82, 2.24) is 9.97 Å². The number of aromatic nitrogens is 2. The van der Waals surface area contributed by atoms with Gasteiger partial charge < -0.3 is 21.7 Å². The highest BCUT2D eigenvalue weighted by Crippen LogP contribution is 2.23. The van der Waals surface area contributed by atoms with Gasteiger partial charge in [0.25, 0.3) is 0 Å². The first-order chi connectivity index (χ1) is 12.6. The van der Waals surface area contributed by atoms with Gasteiger partial charge in [-0.05, 0) is 37.5 Å². The lowest BCUT2D eigenvalue weighted by atomic mass is 10.1. The molecule has 7 heteroatoms. The molecule has 5 N–H and O–H groups in total. The van der Waals surface area contributed by atoms with Crippen LogP contribution in [0, 0.1) is 11.3 Å². The van der Waals surface area contributed by atoms with Crippen LogP contribution < -0.4 is 21.7 Å². The van der Waals surface area contributed by atoms with E-state index in [0.717, 1.165) is 56.0 Å². The van der Waals surface area contributed by atoms with Gasteiger partial charge in [0, 0.05) is 42.3 Å². The number of nitrogens with one attached hydrogen (secondary N) is 1. The summed E-state index contributed by atoms with van der Waals surface area (Å²) in [5, 5.41) is 12.4. The van der Waals surface area contributed by atoms with E-state index in [1.807, 2.05) is 6.07 Å². The minimum Gasteiger partial charge on any atom is -0.398 e. The van der Waals surface area contributed by atoms with Crippen LogP contribution in [0.3, 0.4) is 0 Å². The molecule has 26 heavy (non-hydrogen) atoms. The van der Waals surface area contributed by atoms with Gasteiger partial charge >= 0.3 is 0 Å². The van der Waals surface area contributed by atoms with Crippen molar-refractivity contribution in [3.8, 4) is 6.07 Å². The average molecular weight is 351 g/mol. The van der Waals surface area contributed by atoms with Crippen LogP contribution in [0.25, 0.3) is 0 Å². The highest BCUT2D eigenvalue weighted by atomic mass is 15.2. The SMILES string of the molecule is CCCc1cc(N2CCCC(N)C2)nc(Nc2ccc(N)c(C#N)c2)n1. The zero-order chi connectivity index (χ0) is 18.5. The van der Waals surface area contributed by atoms with E-state index in [4.69, 9.17) is 16.7 Å². The standard InChI is InChI=1S/C19H25N7/c1-2-4-15-10-18(26-8-3-5-14(21)12-26)25-19(23-15)24-16-6-7-17(22)13(9-16)11-20/h6-7,9-10,14H,2-5,8,12,21-22H2,1H3,(H,23,24,25). The zero-order valence-corrected chi connectivity index (χ0v) is 15.1. The minimum absolute atomic E-state index is 0.181. The second-order valence-corrected chi connectivity index (χ2v) is 6.68. The predicted octanol–water partition coefficient (Wildman–Crippen LogP) is 2.55. The van der Waals surface area contributed by atoms with Gasteiger partial charge in [-0.1, -0.05) is 13.3 Å². The van der Waals surface area contributed by atoms with Gasteiger partial charge in [-0.3, -0.25) is 0 Å². The summed E-state index contributed by atoms with van der Waals surface area (Å²) in [5.41, 5.74) is 14.5. The Bertz CT molecular complexity index is 812. The maximum atomic E-state index is 9.15. The van der Waals surface area contributed by atoms with Gasteiger partial charge in [0.05, 0.1) is 5.56 Å². The first-order valence-electron chi connectivity index (χ1n) is 9.04. The number of hydrogen-bond acceptors (Lipinski definition) is 7. The van der Waals surface area contributed by atoms with Crippen molar-refractivity contribution >= 4 is 23.1 Å². The molecule has 0 amide bonds. The summed E-state index contributed by atoms with van der Waals surface area (Å²) in [6.07, 6.45) is 4.02. The van der Waals surface area contributed by atoms with Crippen molar-refractivity contribution in [3.63, 3.8) is 0 Å². The molecule has 0 spiro atoms. The summed E-state index contributed by atoms with van der Waals surface area (Å²) in [5.74, 6) is 1.43. The van der Waals surface area contributed by atoms with Crippen molar-refractivity contribution in [2.75, 3.05) is 29.0 Å². The fraction of sp³-hybridized carbons (Fsp3) is 0.421. The largest absolute Gasteiger partial charge is 0.398 e. The Balaban J connectivity index is 1.89. The Kier molecular flexibility index (Phi) is 5.54. The molecular weight excluding hydrogens is 326 g/mol. The fourth-order valence-corrected chi connectivity index (χ4v) is 3.16. The average Bonchev–Trinajstić information content (AvgIpc) is 2.63. The lowest BCUT2D eigenvalue weighted by molar-refractivity contribution is 0.503. The monoisotopic (exact) mass is 351 g/mol. The van der Waals surface area contributed by atoms with Crippen LogP contribution in [0.1, 0.15) is 37.4 Å². The number of benzene rings is 1. The summed E-state index contributed by atoms with van der Waals surface area (Å²) >= 11 is 0. The molecule has 0 radical (unpaired) electrons. The van der Waals surface area contributed by atoms with E-state index in [1.54, 1.807) is 12.1 Å². The molecule has 1 aliphatic rings. The molecule has 0 saturated carbocycles. The van der Waals surface area contributed by atoms with Crippen molar-refractivity contribution in [2.45, 2.75) is 38.6 Å². The highest BCUT2D eigenvalue weighted by Gasteiger charge is 2.19. The van der Waals surface area contributed by atoms with Gasteiger partial charge in [0.1, 0.15) is 11.9 Å². The number of nitriles is 1. The number of nitrogens with zero attached hydrogens (tertiary/aromatic N) is 4. The van der Waals surface area contributed by atoms with E-state index < -0.39 is 0 Å². The number of anilines is 4. The second-order valence-electron chi connectivity index (χ2n) is 6.68. The maximum Gasteiger partial charge on any atom is 0.229 e. The number of nitrogens with two attached hydrogens (primary N) is 2. The second kappa shape index (κ2) is 8.02. The Labute approximate surface area is 154 Å². The molecule has 7 nitrogen and oxygen atoms in total. The third-order valence-corrected chi connectivity index (χ3v) is 4.48. The molecule has 2 aromatic rings. The first-order valence-corrected chi connectivity index (χ1v) is 9.04. The molecule has 1 aromatic heterocycles. The molecule has 3 rings (SSSR count). The van der Waals surface area contributed by atoms with Crippen LogP contribution >= 0.6 is 0 Å². The molecule has 0 aliphatic carbocycles. The van der Waals surface area contributed by atoms with Crippen LogP contribution in [0.15, 0.2) is 24.3 Å². The van der Waals surface area contributed by atoms with Gasteiger partial charge in [-0.15, -0.1) is 0 Å². The van der Waals surface area contributed by atoms with E-state index in [9.17, 15) is 0 Å². The molecule has 136 valence electrons. The summed E-state index contributed by atoms with van der Waals surface area (Å²) < 4.78 is 0. The van der Waals surface area contributed by atoms with Gasteiger partial charge in [-0.25, -0.2) is 4.98 Å². The van der Waals surface area contributed by atoms with Crippen molar-refractivity contribution in [3.05, 3.63) is 35.5 Å². The van der Waals surface area contributed by atoms with Crippen LogP contribution in [0.4, 0.5) is 23.1 Å². The number of aryl methyl sites for hydroxylation is 1. The summed E-state index contributed by atoms with van der Waals surface area (Å²) in [7, 11) is 0. The van der Waals surface area contributed by atoms with E-state index in [0.29, 0.717) is 17.2 Å². The quantitative estimate of drug-likeness (QED) is 0.709. The molecule has 0 bridgehead atoms. The first kappa shape index (κ1) is 18.0. The van der Waals surface area contributed by atoms with Crippen molar-refractivity contribution < 1.29 is 0 Å². The lowest BCUT2D eigenvalue weighted by Crippen LogP contribution is -2.43. The Morgan fingerprint density at radius 3 is 2.92 bits per heavy atom. The van der Waals surface area contributed by atoms with Crippen molar-refractivity contribution in [2.24, 2.45) is 5.73 Å². The molecule has 1 unspecified atom stereocenters. The third-order valence-electron chi connectivity index (χ3n) is 4.48. The van der Waals surface area contributed by atoms with Gasteiger partial charge in [0.2, 0.25) is 5.95 Å². The number of hydrogen-bond donors (Lipinski definition) is 3. The number of nitrogen functional groups attached to an aromatic ring is 1. The highest BCUT2D eigenvalue weighted by molar-refractivity contribution is 5.65. The summed E-state index contributed by atoms with van der Waals surface area (Å²) in [4.78, 5) is 11.5. The lowest BCUT2D eigenvalue weighted by Gasteiger charge is -2.32. The smallest absolute Gasteiger partial charge is 0.229 e. The summed E-state index contributed by atoms with van der Waals surface area (Å²) in [6, 6.07) is 9.57.